The van der Waals surface area contributed by atoms with Crippen molar-refractivity contribution in [3.05, 3.63) is 30.3 Å². The molecule has 146 valence electrons. The molecule has 5 nitrogen and oxygen atoms in total. The number of hydrogen-bond donors (Lipinski definition) is 2. The molecule has 2 atom stereocenters. The molecule has 1 fully saturated rings. The van der Waals surface area contributed by atoms with Crippen molar-refractivity contribution in [1.29, 1.82) is 0 Å². The van der Waals surface area contributed by atoms with Gasteiger partial charge in [-0.1, -0.05) is 18.2 Å². The predicted molar refractivity (Wildman–Crippen MR) is 96.5 cm³/mol. The SMILES string of the molecule is CCNC(=NCC(C)Oc1ccccc1)NC1CCN(CC(F)(F)F)C1. The normalized spacial score (nSPS) is 20.0. The van der Waals surface area contributed by atoms with E-state index in [1.165, 1.54) is 4.90 Å². The van der Waals surface area contributed by atoms with Crippen molar-refractivity contribution in [2.75, 3.05) is 32.7 Å². The van der Waals surface area contributed by atoms with Crippen molar-refractivity contribution in [2.45, 2.75) is 38.6 Å². The monoisotopic (exact) mass is 372 g/mol. The van der Waals surface area contributed by atoms with Crippen molar-refractivity contribution in [1.82, 2.24) is 15.5 Å². The molecule has 0 bridgehead atoms. The number of hydrogen-bond acceptors (Lipinski definition) is 3. The zero-order valence-electron chi connectivity index (χ0n) is 15.2. The third kappa shape index (κ3) is 7.51. The van der Waals surface area contributed by atoms with E-state index in [1.54, 1.807) is 0 Å². The Labute approximate surface area is 152 Å². The number of benzene rings is 1. The summed E-state index contributed by atoms with van der Waals surface area (Å²) >= 11 is 0. The van der Waals surface area contributed by atoms with E-state index < -0.39 is 12.7 Å². The first-order chi connectivity index (χ1) is 12.4. The summed E-state index contributed by atoms with van der Waals surface area (Å²) in [4.78, 5) is 5.92. The van der Waals surface area contributed by atoms with Gasteiger partial charge in [0.05, 0.1) is 13.1 Å². The summed E-state index contributed by atoms with van der Waals surface area (Å²) in [5.74, 6) is 1.39. The number of alkyl halides is 3. The average molecular weight is 372 g/mol. The number of nitrogens with zero attached hydrogens (tertiary/aromatic N) is 2. The number of ether oxygens (including phenoxy) is 1. The summed E-state index contributed by atoms with van der Waals surface area (Å²) < 4.78 is 43.3. The fourth-order valence-corrected chi connectivity index (χ4v) is 2.85. The fourth-order valence-electron chi connectivity index (χ4n) is 2.85. The molecule has 2 rings (SSSR count). The lowest BCUT2D eigenvalue weighted by Crippen LogP contribution is -2.45. The zero-order chi connectivity index (χ0) is 19.0. The molecule has 1 aromatic carbocycles. The van der Waals surface area contributed by atoms with Crippen LogP contribution in [0.3, 0.4) is 0 Å². The first-order valence-corrected chi connectivity index (χ1v) is 8.91. The van der Waals surface area contributed by atoms with Crippen LogP contribution in [-0.4, -0.2) is 61.9 Å². The smallest absolute Gasteiger partial charge is 0.401 e. The van der Waals surface area contributed by atoms with Crippen LogP contribution in [0.4, 0.5) is 13.2 Å². The topological polar surface area (TPSA) is 48.9 Å². The highest BCUT2D eigenvalue weighted by Gasteiger charge is 2.34. The summed E-state index contributed by atoms with van der Waals surface area (Å²) in [5.41, 5.74) is 0. The molecule has 1 saturated heterocycles. The van der Waals surface area contributed by atoms with E-state index in [0.717, 1.165) is 5.75 Å². The standard InChI is InChI=1S/C18H27F3N4O/c1-3-22-17(23-11-14(2)26-16-7-5-4-6-8-16)24-15-9-10-25(12-15)13-18(19,20)21/h4-8,14-15H,3,9-13H2,1-2H3,(H2,22,23,24). The Morgan fingerprint density at radius 1 is 1.35 bits per heavy atom. The van der Waals surface area contributed by atoms with E-state index in [9.17, 15) is 13.2 Å². The molecule has 0 aromatic heterocycles. The summed E-state index contributed by atoms with van der Waals surface area (Å²) in [6, 6.07) is 9.47. The summed E-state index contributed by atoms with van der Waals surface area (Å²) in [5, 5.41) is 6.36. The van der Waals surface area contributed by atoms with Gasteiger partial charge in [-0.25, -0.2) is 4.99 Å². The number of rotatable bonds is 7. The molecule has 8 heteroatoms. The maximum Gasteiger partial charge on any atom is 0.401 e. The van der Waals surface area contributed by atoms with Crippen molar-refractivity contribution in [3.63, 3.8) is 0 Å². The van der Waals surface area contributed by atoms with Gasteiger partial charge < -0.3 is 15.4 Å². The van der Waals surface area contributed by atoms with Gasteiger partial charge >= 0.3 is 6.18 Å². The molecular formula is C18H27F3N4O. The molecule has 1 aliphatic rings. The Balaban J connectivity index is 1.83. The average Bonchev–Trinajstić information content (AvgIpc) is 2.99. The lowest BCUT2D eigenvalue weighted by atomic mass is 10.3. The molecule has 0 spiro atoms. The molecule has 0 aliphatic carbocycles. The number of nitrogens with one attached hydrogen (secondary N) is 2. The number of guanidine groups is 1. The molecule has 2 N–H and O–H groups in total. The minimum absolute atomic E-state index is 0.0412. The van der Waals surface area contributed by atoms with Gasteiger partial charge in [0.2, 0.25) is 0 Å². The van der Waals surface area contributed by atoms with Gasteiger partial charge in [-0.3, -0.25) is 4.90 Å². The lowest BCUT2D eigenvalue weighted by molar-refractivity contribution is -0.143. The fraction of sp³-hybridized carbons (Fsp3) is 0.611. The van der Waals surface area contributed by atoms with Crippen molar-refractivity contribution in [3.8, 4) is 5.75 Å². The van der Waals surface area contributed by atoms with Gasteiger partial charge in [-0.05, 0) is 32.4 Å². The third-order valence-corrected chi connectivity index (χ3v) is 3.95. The van der Waals surface area contributed by atoms with Crippen LogP contribution < -0.4 is 15.4 Å². The molecule has 1 aromatic rings. The van der Waals surface area contributed by atoms with Gasteiger partial charge in [-0.15, -0.1) is 0 Å². The van der Waals surface area contributed by atoms with Crippen LogP contribution in [-0.2, 0) is 0 Å². The molecule has 1 aliphatic heterocycles. The highest BCUT2D eigenvalue weighted by atomic mass is 19.4. The van der Waals surface area contributed by atoms with E-state index in [1.807, 2.05) is 44.2 Å². The molecule has 1 heterocycles. The Hall–Kier alpha value is -1.96. The maximum atomic E-state index is 12.5. The molecule has 2 unspecified atom stereocenters. The van der Waals surface area contributed by atoms with Crippen LogP contribution in [0.5, 0.6) is 5.75 Å². The predicted octanol–water partition coefficient (Wildman–Crippen LogP) is 2.65. The van der Waals surface area contributed by atoms with E-state index >= 15 is 0 Å². The van der Waals surface area contributed by atoms with E-state index in [-0.39, 0.29) is 12.1 Å². The Kier molecular flexibility index (Phi) is 7.56. The third-order valence-electron chi connectivity index (χ3n) is 3.95. The van der Waals surface area contributed by atoms with Crippen molar-refractivity contribution in [2.24, 2.45) is 4.99 Å². The van der Waals surface area contributed by atoms with Crippen LogP contribution in [0, 0.1) is 0 Å². The van der Waals surface area contributed by atoms with Gasteiger partial charge in [-0.2, -0.15) is 13.2 Å². The number of aliphatic imine (C=N–C) groups is 1. The second kappa shape index (κ2) is 9.66. The minimum atomic E-state index is -4.16. The van der Waals surface area contributed by atoms with E-state index in [4.69, 9.17) is 4.74 Å². The first kappa shape index (κ1) is 20.4. The molecule has 0 saturated carbocycles. The summed E-state index contributed by atoms with van der Waals surface area (Å²) in [6.45, 7) is 4.94. The molecule has 0 radical (unpaired) electrons. The van der Waals surface area contributed by atoms with E-state index in [0.29, 0.717) is 38.6 Å². The second-order valence-electron chi connectivity index (χ2n) is 6.44. The maximum absolute atomic E-state index is 12.5. The largest absolute Gasteiger partial charge is 0.489 e. The highest BCUT2D eigenvalue weighted by molar-refractivity contribution is 5.80. The van der Waals surface area contributed by atoms with Gasteiger partial charge in [0.1, 0.15) is 11.9 Å². The Bertz CT molecular complexity index is 565. The summed E-state index contributed by atoms with van der Waals surface area (Å²) in [6.07, 6.45) is -3.60. The van der Waals surface area contributed by atoms with Gasteiger partial charge in [0.25, 0.3) is 0 Å². The summed E-state index contributed by atoms with van der Waals surface area (Å²) in [7, 11) is 0. The van der Waals surface area contributed by atoms with Gasteiger partial charge in [0, 0.05) is 25.7 Å². The number of halogens is 3. The van der Waals surface area contributed by atoms with Crippen LogP contribution in [0.2, 0.25) is 0 Å². The van der Waals surface area contributed by atoms with Crippen molar-refractivity contribution >= 4 is 5.96 Å². The Morgan fingerprint density at radius 2 is 2.08 bits per heavy atom. The molecule has 0 amide bonds. The molecular weight excluding hydrogens is 345 g/mol. The molecule has 26 heavy (non-hydrogen) atoms. The zero-order valence-corrected chi connectivity index (χ0v) is 15.2. The van der Waals surface area contributed by atoms with Crippen LogP contribution >= 0.6 is 0 Å². The number of para-hydroxylation sites is 1. The van der Waals surface area contributed by atoms with Crippen LogP contribution in [0.15, 0.2) is 35.3 Å². The second-order valence-corrected chi connectivity index (χ2v) is 6.44. The van der Waals surface area contributed by atoms with Crippen molar-refractivity contribution < 1.29 is 17.9 Å². The van der Waals surface area contributed by atoms with E-state index in [2.05, 4.69) is 15.6 Å². The van der Waals surface area contributed by atoms with Crippen LogP contribution in [0.25, 0.3) is 0 Å². The minimum Gasteiger partial charge on any atom is -0.489 e. The van der Waals surface area contributed by atoms with Crippen LogP contribution in [0.1, 0.15) is 20.3 Å². The first-order valence-electron chi connectivity index (χ1n) is 8.91. The lowest BCUT2D eigenvalue weighted by Gasteiger charge is -2.20. The Morgan fingerprint density at radius 3 is 2.73 bits per heavy atom. The van der Waals surface area contributed by atoms with Gasteiger partial charge in [0.15, 0.2) is 5.96 Å². The number of likely N-dealkylation sites (tertiary alicyclic amines) is 1. The quantitative estimate of drug-likeness (QED) is 0.571. The highest BCUT2D eigenvalue weighted by Crippen LogP contribution is 2.20.